The molecule has 0 fully saturated rings. The molecule has 2 rings (SSSR count). The van der Waals surface area contributed by atoms with Crippen LogP contribution in [0.2, 0.25) is 0 Å². The van der Waals surface area contributed by atoms with Crippen LogP contribution >= 0.6 is 12.2 Å². The number of thiocarbonyl (C=S) groups is 1. The summed E-state index contributed by atoms with van der Waals surface area (Å²) in [6.07, 6.45) is 0. The zero-order chi connectivity index (χ0) is 19.3. The second-order valence-corrected chi connectivity index (χ2v) is 5.37. The van der Waals surface area contributed by atoms with Gasteiger partial charge in [0.2, 0.25) is 0 Å². The average Bonchev–Trinajstić information content (AvgIpc) is 2.61. The second kappa shape index (κ2) is 8.03. The molecule has 4 N–H and O–H groups in total. The number of anilines is 1. The van der Waals surface area contributed by atoms with E-state index in [4.69, 9.17) is 22.7 Å². The summed E-state index contributed by atoms with van der Waals surface area (Å²) in [5.41, 5.74) is 5.46. The summed E-state index contributed by atoms with van der Waals surface area (Å²) in [4.78, 5) is 34.0. The lowest BCUT2D eigenvalue weighted by Crippen LogP contribution is -2.34. The number of para-hydroxylation sites is 1. The zero-order valence-corrected chi connectivity index (χ0v) is 14.3. The molecule has 2 aromatic carbocycles. The number of ether oxygens (including phenoxy) is 1. The van der Waals surface area contributed by atoms with Crippen molar-refractivity contribution in [3.8, 4) is 5.75 Å². The van der Waals surface area contributed by atoms with Gasteiger partial charge < -0.3 is 15.8 Å². The van der Waals surface area contributed by atoms with Gasteiger partial charge >= 0.3 is 5.69 Å². The summed E-state index contributed by atoms with van der Waals surface area (Å²) < 4.78 is 4.88. The monoisotopic (exact) mass is 374 g/mol. The largest absolute Gasteiger partial charge is 0.490 e. The molecule has 0 aliphatic rings. The van der Waals surface area contributed by atoms with Crippen LogP contribution in [0.3, 0.4) is 0 Å². The van der Waals surface area contributed by atoms with E-state index in [1.54, 1.807) is 18.2 Å². The lowest BCUT2D eigenvalue weighted by atomic mass is 10.1. The standard InChI is InChI=1S/C16H14N4O5S/c1-25-13-7-6-9(8-12(13)20(23)24)15(22)19-16(26)18-11-5-3-2-4-10(11)14(17)21/h2-8H,1H3,(H2,17,21)(H2,18,19,22,26). The number of hydrogen-bond donors (Lipinski definition) is 3. The van der Waals surface area contributed by atoms with Crippen molar-refractivity contribution in [2.24, 2.45) is 5.73 Å². The average molecular weight is 374 g/mol. The lowest BCUT2D eigenvalue weighted by molar-refractivity contribution is -0.385. The number of amides is 2. The van der Waals surface area contributed by atoms with Crippen molar-refractivity contribution >= 4 is 40.5 Å². The molecule has 0 unspecified atom stereocenters. The van der Waals surface area contributed by atoms with E-state index >= 15 is 0 Å². The predicted molar refractivity (Wildman–Crippen MR) is 98.3 cm³/mol. The fraction of sp³-hybridized carbons (Fsp3) is 0.0625. The number of benzene rings is 2. The van der Waals surface area contributed by atoms with Gasteiger partial charge in [0.15, 0.2) is 10.9 Å². The highest BCUT2D eigenvalue weighted by Gasteiger charge is 2.19. The van der Waals surface area contributed by atoms with Crippen LogP contribution in [0, 0.1) is 10.1 Å². The number of nitro benzene ring substituents is 1. The van der Waals surface area contributed by atoms with Gasteiger partial charge in [0.1, 0.15) is 0 Å². The maximum atomic E-state index is 12.2. The Bertz CT molecular complexity index is 900. The minimum absolute atomic E-state index is 0.0184. The maximum absolute atomic E-state index is 12.2. The molecule has 0 aliphatic carbocycles. The third-order valence-corrected chi connectivity index (χ3v) is 3.51. The molecular formula is C16H14N4O5S. The number of nitro groups is 1. The lowest BCUT2D eigenvalue weighted by Gasteiger charge is -2.12. The van der Waals surface area contributed by atoms with Crippen molar-refractivity contribution < 1.29 is 19.2 Å². The maximum Gasteiger partial charge on any atom is 0.311 e. The highest BCUT2D eigenvalue weighted by atomic mass is 32.1. The van der Waals surface area contributed by atoms with E-state index in [0.29, 0.717) is 5.69 Å². The van der Waals surface area contributed by atoms with Crippen molar-refractivity contribution in [3.05, 3.63) is 63.7 Å². The quantitative estimate of drug-likeness (QED) is 0.412. The van der Waals surface area contributed by atoms with Crippen molar-refractivity contribution in [2.45, 2.75) is 0 Å². The number of nitrogens with two attached hydrogens (primary N) is 1. The van der Waals surface area contributed by atoms with E-state index in [-0.39, 0.29) is 27.7 Å². The van der Waals surface area contributed by atoms with Crippen LogP contribution in [0.15, 0.2) is 42.5 Å². The molecule has 134 valence electrons. The van der Waals surface area contributed by atoms with Crippen LogP contribution < -0.4 is 21.1 Å². The number of nitrogens with one attached hydrogen (secondary N) is 2. The first-order valence-corrected chi connectivity index (χ1v) is 7.58. The Labute approximate surface area is 153 Å². The number of primary amides is 1. The number of carbonyl (C=O) groups is 2. The molecule has 9 nitrogen and oxygen atoms in total. The third kappa shape index (κ3) is 4.30. The molecule has 0 aromatic heterocycles. The highest BCUT2D eigenvalue weighted by Crippen LogP contribution is 2.27. The molecule has 0 spiro atoms. The Balaban J connectivity index is 2.15. The molecule has 2 amide bonds. The van der Waals surface area contributed by atoms with Gasteiger partial charge in [-0.05, 0) is 36.5 Å². The molecule has 0 heterocycles. The molecule has 26 heavy (non-hydrogen) atoms. The van der Waals surface area contributed by atoms with Crippen LogP contribution in [-0.2, 0) is 0 Å². The van der Waals surface area contributed by atoms with E-state index in [1.165, 1.54) is 25.3 Å². The smallest absolute Gasteiger partial charge is 0.311 e. The van der Waals surface area contributed by atoms with E-state index in [9.17, 15) is 19.7 Å². The van der Waals surface area contributed by atoms with Crippen LogP contribution in [0.25, 0.3) is 0 Å². The fourth-order valence-electron chi connectivity index (χ4n) is 2.11. The Morgan fingerprint density at radius 3 is 2.54 bits per heavy atom. The Hall–Kier alpha value is -3.53. The zero-order valence-electron chi connectivity index (χ0n) is 13.5. The van der Waals surface area contributed by atoms with Crippen LogP contribution in [-0.4, -0.2) is 29.0 Å². The Morgan fingerprint density at radius 1 is 1.23 bits per heavy atom. The van der Waals surface area contributed by atoms with Gasteiger partial charge in [-0.2, -0.15) is 0 Å². The van der Waals surface area contributed by atoms with E-state index in [0.717, 1.165) is 6.07 Å². The van der Waals surface area contributed by atoms with Gasteiger partial charge in [-0.1, -0.05) is 12.1 Å². The van der Waals surface area contributed by atoms with Crippen LogP contribution in [0.4, 0.5) is 11.4 Å². The summed E-state index contributed by atoms with van der Waals surface area (Å²) in [5, 5.41) is 16.0. The summed E-state index contributed by atoms with van der Waals surface area (Å²) in [5.74, 6) is -1.29. The number of hydrogen-bond acceptors (Lipinski definition) is 6. The molecule has 0 radical (unpaired) electrons. The Kier molecular flexibility index (Phi) is 5.81. The normalized spacial score (nSPS) is 9.88. The van der Waals surface area contributed by atoms with Gasteiger partial charge in [0, 0.05) is 11.6 Å². The minimum atomic E-state index is -0.662. The summed E-state index contributed by atoms with van der Waals surface area (Å²) >= 11 is 5.04. The first-order valence-electron chi connectivity index (χ1n) is 7.17. The molecular weight excluding hydrogens is 360 g/mol. The van der Waals surface area contributed by atoms with Gasteiger partial charge in [0.25, 0.3) is 11.8 Å². The number of carbonyl (C=O) groups excluding carboxylic acids is 2. The number of nitrogens with zero attached hydrogens (tertiary/aromatic N) is 1. The molecule has 2 aromatic rings. The van der Waals surface area contributed by atoms with E-state index in [2.05, 4.69) is 10.6 Å². The van der Waals surface area contributed by atoms with Crippen LogP contribution in [0.1, 0.15) is 20.7 Å². The first-order chi connectivity index (χ1) is 12.3. The van der Waals surface area contributed by atoms with Crippen molar-refractivity contribution in [1.82, 2.24) is 5.32 Å². The summed E-state index contributed by atoms with van der Waals surface area (Å²) in [6.45, 7) is 0. The molecule has 0 saturated heterocycles. The van der Waals surface area contributed by atoms with Crippen LogP contribution in [0.5, 0.6) is 5.75 Å². The molecule has 0 saturated carbocycles. The van der Waals surface area contributed by atoms with Crippen molar-refractivity contribution in [3.63, 3.8) is 0 Å². The van der Waals surface area contributed by atoms with E-state index < -0.39 is 16.7 Å². The molecule has 10 heteroatoms. The fourth-order valence-corrected chi connectivity index (χ4v) is 2.31. The van der Waals surface area contributed by atoms with E-state index in [1.807, 2.05) is 0 Å². The summed E-state index contributed by atoms with van der Waals surface area (Å²) in [7, 11) is 1.29. The van der Waals surface area contributed by atoms with Gasteiger partial charge in [0.05, 0.1) is 23.3 Å². The molecule has 0 bridgehead atoms. The minimum Gasteiger partial charge on any atom is -0.490 e. The Morgan fingerprint density at radius 2 is 1.92 bits per heavy atom. The number of rotatable bonds is 5. The van der Waals surface area contributed by atoms with Crippen molar-refractivity contribution in [1.29, 1.82) is 0 Å². The van der Waals surface area contributed by atoms with Gasteiger partial charge in [-0.25, -0.2) is 0 Å². The van der Waals surface area contributed by atoms with Gasteiger partial charge in [-0.3, -0.25) is 25.0 Å². The number of methoxy groups -OCH3 is 1. The SMILES string of the molecule is COc1ccc(C(=O)NC(=S)Nc2ccccc2C(N)=O)cc1[N+](=O)[O-]. The third-order valence-electron chi connectivity index (χ3n) is 3.31. The predicted octanol–water partition coefficient (Wildman–Crippen LogP) is 1.83. The second-order valence-electron chi connectivity index (χ2n) is 4.96. The highest BCUT2D eigenvalue weighted by molar-refractivity contribution is 7.80. The summed E-state index contributed by atoms with van der Waals surface area (Å²) in [6, 6.07) is 10.1. The molecule has 0 atom stereocenters. The van der Waals surface area contributed by atoms with Crippen molar-refractivity contribution in [2.75, 3.05) is 12.4 Å². The topological polar surface area (TPSA) is 137 Å². The first kappa shape index (κ1) is 18.8. The van der Waals surface area contributed by atoms with Gasteiger partial charge in [-0.15, -0.1) is 0 Å². The molecule has 0 aliphatic heterocycles.